The van der Waals surface area contributed by atoms with Crippen LogP contribution in [0.1, 0.15) is 5.56 Å². The molecule has 4 aromatic rings. The van der Waals surface area contributed by atoms with Gasteiger partial charge in [-0.05, 0) is 31.8 Å². The van der Waals surface area contributed by atoms with E-state index in [1.165, 1.54) is 6.08 Å². The lowest BCUT2D eigenvalue weighted by molar-refractivity contribution is -0.133. The van der Waals surface area contributed by atoms with Crippen LogP contribution in [0.4, 0.5) is 5.82 Å². The smallest absolute Gasteiger partial charge is 0.244 e. The van der Waals surface area contributed by atoms with E-state index in [9.17, 15) is 9.59 Å². The molecule has 0 atom stereocenters. The molecule has 6 rings (SSSR count). The number of hydrogen-bond donors (Lipinski definition) is 2. The molecule has 13 heteroatoms. The van der Waals surface area contributed by atoms with E-state index in [1.807, 2.05) is 52.8 Å². The molecule has 3 aromatic heterocycles. The lowest BCUT2D eigenvalue weighted by Crippen LogP contribution is -2.50. The zero-order chi connectivity index (χ0) is 29.8. The van der Waals surface area contributed by atoms with Crippen molar-refractivity contribution in [1.82, 2.24) is 44.8 Å². The zero-order valence-electron chi connectivity index (χ0n) is 24.7. The van der Waals surface area contributed by atoms with Crippen molar-refractivity contribution >= 4 is 34.1 Å². The summed E-state index contributed by atoms with van der Waals surface area (Å²) in [7, 11) is 3.86. The molecule has 2 N–H and O–H groups in total. The van der Waals surface area contributed by atoms with Crippen LogP contribution in [0.3, 0.4) is 0 Å². The molecule has 1 aromatic carbocycles. The van der Waals surface area contributed by atoms with E-state index in [4.69, 9.17) is 14.8 Å². The minimum absolute atomic E-state index is 0.00781. The van der Waals surface area contributed by atoms with Crippen molar-refractivity contribution in [2.75, 3.05) is 84.6 Å². The molecule has 2 amide bonds. The molecule has 226 valence electrons. The quantitative estimate of drug-likeness (QED) is 0.276. The molecule has 2 fully saturated rings. The minimum atomic E-state index is -0.251. The molecule has 2 aliphatic rings. The molecule has 13 nitrogen and oxygen atoms in total. The summed E-state index contributed by atoms with van der Waals surface area (Å²) in [6.07, 6.45) is 7.15. The Balaban J connectivity index is 1.13. The number of H-pyrrole nitrogens is 1. The SMILES string of the molecule is CN(C)C/C=C/C(=O)NCC(=O)N1CCN(Cc2cc3c(N4CCOCC4)nc(-c4cccc5[nH]ncc45)nn3c2)CC1. The number of nitrogens with zero attached hydrogens (tertiary/aromatic N) is 8. The van der Waals surface area contributed by atoms with E-state index in [-0.39, 0.29) is 18.4 Å². The predicted molar refractivity (Wildman–Crippen MR) is 164 cm³/mol. The Labute approximate surface area is 250 Å². The van der Waals surface area contributed by atoms with Crippen LogP contribution in [0.25, 0.3) is 27.8 Å². The second kappa shape index (κ2) is 12.9. The van der Waals surface area contributed by atoms with Crippen molar-refractivity contribution in [2.24, 2.45) is 0 Å². The van der Waals surface area contributed by atoms with Crippen LogP contribution in [-0.4, -0.2) is 131 Å². The Hall–Kier alpha value is -4.33. The highest BCUT2D eigenvalue weighted by Gasteiger charge is 2.24. The normalized spacial score (nSPS) is 16.6. The van der Waals surface area contributed by atoms with Gasteiger partial charge in [0.05, 0.1) is 31.5 Å². The monoisotopic (exact) mass is 586 g/mol. The van der Waals surface area contributed by atoms with E-state index in [0.29, 0.717) is 38.7 Å². The topological polar surface area (TPSA) is 127 Å². The number of likely N-dealkylation sites (N-methyl/N-ethyl adjacent to an activating group) is 1. The van der Waals surface area contributed by atoms with E-state index in [2.05, 4.69) is 37.6 Å². The highest BCUT2D eigenvalue weighted by molar-refractivity contribution is 5.93. The number of piperazine rings is 1. The van der Waals surface area contributed by atoms with Crippen LogP contribution < -0.4 is 10.2 Å². The molecule has 2 saturated heterocycles. The summed E-state index contributed by atoms with van der Waals surface area (Å²) in [6, 6.07) is 8.18. The van der Waals surface area contributed by atoms with Gasteiger partial charge in [0, 0.05) is 75.6 Å². The van der Waals surface area contributed by atoms with Crippen LogP contribution in [-0.2, 0) is 20.9 Å². The summed E-state index contributed by atoms with van der Waals surface area (Å²) < 4.78 is 7.55. The summed E-state index contributed by atoms with van der Waals surface area (Å²) in [4.78, 5) is 38.1. The van der Waals surface area contributed by atoms with E-state index in [0.717, 1.165) is 66.1 Å². The molecule has 0 aliphatic carbocycles. The van der Waals surface area contributed by atoms with Gasteiger partial charge in [0.15, 0.2) is 11.6 Å². The van der Waals surface area contributed by atoms with E-state index in [1.54, 1.807) is 6.08 Å². The highest BCUT2D eigenvalue weighted by atomic mass is 16.5. The fraction of sp³-hybridized carbons (Fsp3) is 0.433. The summed E-state index contributed by atoms with van der Waals surface area (Å²) >= 11 is 0. The molecular weight excluding hydrogens is 548 g/mol. The summed E-state index contributed by atoms with van der Waals surface area (Å²) in [5, 5.41) is 15.9. The first-order valence-corrected chi connectivity index (χ1v) is 14.7. The number of amides is 2. The first-order chi connectivity index (χ1) is 20.9. The van der Waals surface area contributed by atoms with Crippen molar-refractivity contribution in [3.63, 3.8) is 0 Å². The first kappa shape index (κ1) is 28.8. The van der Waals surface area contributed by atoms with E-state index < -0.39 is 0 Å². The molecule has 0 spiro atoms. The second-order valence-corrected chi connectivity index (χ2v) is 11.2. The lowest BCUT2D eigenvalue weighted by Gasteiger charge is -2.34. The molecule has 0 unspecified atom stereocenters. The molecular formula is C30H38N10O3. The van der Waals surface area contributed by atoms with Crippen molar-refractivity contribution in [2.45, 2.75) is 6.54 Å². The Morgan fingerprint density at radius 3 is 2.72 bits per heavy atom. The second-order valence-electron chi connectivity index (χ2n) is 11.2. The Morgan fingerprint density at radius 1 is 1.12 bits per heavy atom. The fourth-order valence-corrected chi connectivity index (χ4v) is 5.53. The van der Waals surface area contributed by atoms with Gasteiger partial charge < -0.3 is 24.8 Å². The Morgan fingerprint density at radius 2 is 1.93 bits per heavy atom. The van der Waals surface area contributed by atoms with Crippen molar-refractivity contribution in [3.05, 3.63) is 54.4 Å². The van der Waals surface area contributed by atoms with Crippen LogP contribution in [0.2, 0.25) is 0 Å². The number of carbonyl (C=O) groups excluding carboxylic acids is 2. The van der Waals surface area contributed by atoms with Crippen LogP contribution in [0.15, 0.2) is 48.8 Å². The first-order valence-electron chi connectivity index (χ1n) is 14.7. The summed E-state index contributed by atoms with van der Waals surface area (Å²) in [5.41, 5.74) is 3.97. The van der Waals surface area contributed by atoms with Gasteiger partial charge in [-0.15, -0.1) is 5.10 Å². The van der Waals surface area contributed by atoms with Gasteiger partial charge in [-0.3, -0.25) is 19.6 Å². The number of rotatable bonds is 9. The number of nitrogens with one attached hydrogen (secondary N) is 2. The number of aromatic nitrogens is 5. The number of anilines is 1. The van der Waals surface area contributed by atoms with E-state index >= 15 is 0 Å². The Bertz CT molecular complexity index is 1610. The molecule has 0 radical (unpaired) electrons. The number of morpholine rings is 1. The summed E-state index contributed by atoms with van der Waals surface area (Å²) in [5.74, 6) is 1.23. The maximum Gasteiger partial charge on any atom is 0.244 e. The van der Waals surface area contributed by atoms with Gasteiger partial charge in [0.2, 0.25) is 11.8 Å². The third-order valence-electron chi connectivity index (χ3n) is 7.82. The van der Waals surface area contributed by atoms with Gasteiger partial charge in [-0.25, -0.2) is 9.50 Å². The Kier molecular flexibility index (Phi) is 8.63. The van der Waals surface area contributed by atoms with Crippen molar-refractivity contribution in [1.29, 1.82) is 0 Å². The highest BCUT2D eigenvalue weighted by Crippen LogP contribution is 2.29. The minimum Gasteiger partial charge on any atom is -0.378 e. The number of carbonyl (C=O) groups is 2. The zero-order valence-corrected chi connectivity index (χ0v) is 24.7. The molecule has 2 aliphatic heterocycles. The van der Waals surface area contributed by atoms with Crippen LogP contribution >= 0.6 is 0 Å². The number of fused-ring (bicyclic) bond motifs is 2. The number of hydrogen-bond acceptors (Lipinski definition) is 9. The number of benzene rings is 1. The fourth-order valence-electron chi connectivity index (χ4n) is 5.53. The van der Waals surface area contributed by atoms with Gasteiger partial charge in [-0.1, -0.05) is 18.2 Å². The number of aromatic amines is 1. The van der Waals surface area contributed by atoms with Crippen LogP contribution in [0.5, 0.6) is 0 Å². The summed E-state index contributed by atoms with van der Waals surface area (Å²) in [6.45, 7) is 7.04. The number of ether oxygens (including phenoxy) is 1. The third kappa shape index (κ3) is 6.69. The molecule has 0 saturated carbocycles. The van der Waals surface area contributed by atoms with Crippen molar-refractivity contribution in [3.8, 4) is 11.4 Å². The van der Waals surface area contributed by atoms with Gasteiger partial charge in [0.1, 0.15) is 5.52 Å². The lowest BCUT2D eigenvalue weighted by atomic mass is 10.1. The average Bonchev–Trinajstić information content (AvgIpc) is 3.67. The maximum absolute atomic E-state index is 12.7. The van der Waals surface area contributed by atoms with Crippen LogP contribution in [0, 0.1) is 0 Å². The molecule has 43 heavy (non-hydrogen) atoms. The largest absolute Gasteiger partial charge is 0.378 e. The van der Waals surface area contributed by atoms with Gasteiger partial charge in [-0.2, -0.15) is 5.10 Å². The average molecular weight is 587 g/mol. The van der Waals surface area contributed by atoms with Gasteiger partial charge >= 0.3 is 0 Å². The molecule has 5 heterocycles. The molecule has 0 bridgehead atoms. The van der Waals surface area contributed by atoms with Crippen molar-refractivity contribution < 1.29 is 14.3 Å². The standard InChI is InChI=1S/C30H38N10O3/c1-36(2)8-4-7-27(41)31-19-28(42)38-11-9-37(10-12-38)20-22-17-26-30(39-13-15-43-16-14-39)33-29(35-40(26)21-22)23-5-3-6-25-24(23)18-32-34-25/h3-7,17-18,21H,8-16,19-20H2,1-2H3,(H,31,41)(H,32,34)/b7-4+. The third-order valence-corrected chi connectivity index (χ3v) is 7.82. The van der Waals surface area contributed by atoms with Gasteiger partial charge in [0.25, 0.3) is 0 Å². The predicted octanol–water partition coefficient (Wildman–Crippen LogP) is 0.987. The maximum atomic E-state index is 12.7.